The summed E-state index contributed by atoms with van der Waals surface area (Å²) in [5, 5.41) is 52.7. The van der Waals surface area contributed by atoms with E-state index in [9.17, 15) is 58.2 Å². The van der Waals surface area contributed by atoms with Gasteiger partial charge < -0.3 is 128 Å². The van der Waals surface area contributed by atoms with E-state index in [1.54, 1.807) is 63.2 Å². The number of nitrogens with one attached hydrogen (secondary N) is 16. The van der Waals surface area contributed by atoms with Crippen molar-refractivity contribution in [2.75, 3.05) is 37.1 Å². The zero-order valence-corrected chi connectivity index (χ0v) is 80.5. The van der Waals surface area contributed by atoms with Gasteiger partial charge in [-0.25, -0.2) is 4.79 Å². The van der Waals surface area contributed by atoms with Crippen LogP contribution in [0.5, 0.6) is 5.75 Å². The van der Waals surface area contributed by atoms with Crippen molar-refractivity contribution in [1.82, 2.24) is 83.1 Å². The lowest BCUT2D eigenvalue weighted by Gasteiger charge is -2.28. The first-order chi connectivity index (χ1) is 67.9. The van der Waals surface area contributed by atoms with Gasteiger partial charge in [0.1, 0.15) is 66.2 Å². The summed E-state index contributed by atoms with van der Waals surface area (Å²) >= 11 is 2.88. The van der Waals surface area contributed by atoms with Crippen LogP contribution < -0.4 is 87.6 Å². The van der Waals surface area contributed by atoms with Crippen LogP contribution in [0.2, 0.25) is 0 Å². The molecule has 7 aromatic carbocycles. The number of nitrogens with zero attached hydrogens (tertiary/aromatic N) is 1. The van der Waals surface area contributed by atoms with Crippen LogP contribution in [0.1, 0.15) is 97.7 Å². The van der Waals surface area contributed by atoms with Gasteiger partial charge in [0.05, 0.1) is 12.1 Å². The predicted molar refractivity (Wildman–Crippen MR) is 550 cm³/mol. The smallest absolute Gasteiger partial charge is 0.326 e. The number of carboxylic acid groups (broad SMARTS) is 1. The Hall–Kier alpha value is -14.9. The second-order valence-corrected chi connectivity index (χ2v) is 37.3. The number of guanidine groups is 1. The lowest BCUT2D eigenvalue weighted by atomic mass is 9.99. The molecule has 12 atom stereocenters. The molecule has 0 unspecified atom stereocenters. The molecule has 13 rings (SSSR count). The number of amides is 11. The number of aromatic nitrogens is 6. The Kier molecular flexibility index (Phi) is 38.1. The molecule has 30 N–H and O–H groups in total. The number of hydrogen-bond acceptors (Lipinski definition) is 19. The summed E-state index contributed by atoms with van der Waals surface area (Å²) in [5.74, 6) is -8.33. The Morgan fingerprint density at radius 2 is 0.617 bits per heavy atom. The van der Waals surface area contributed by atoms with Crippen molar-refractivity contribution in [1.29, 1.82) is 0 Å². The van der Waals surface area contributed by atoms with E-state index in [1.165, 1.54) is 35.7 Å². The molecule has 0 aliphatic carbocycles. The van der Waals surface area contributed by atoms with Gasteiger partial charge in [0.25, 0.3) is 0 Å². The van der Waals surface area contributed by atoms with E-state index in [0.29, 0.717) is 53.1 Å². The monoisotopic (exact) mass is 1960 g/mol. The summed E-state index contributed by atoms with van der Waals surface area (Å²) in [5.41, 5.74) is 45.9. The van der Waals surface area contributed by atoms with Crippen molar-refractivity contribution >= 4 is 166 Å². The number of aliphatic carboxylic acids is 1. The SMILES string of the molecule is CSCC[C@H](NC(=O)[C@H](Cc1ccc(O)cc1)NC(=O)[C@H](CCCCN)NC(=O)[C@@H](N)Cc1c[nH]c2ccccc12)C(=O)N[C@H](C(=O)N[C@H](CCSC)C(=O)O)C(C)C.NC(=O)[C@H](Cc1c[nH]c2ccccc12)NC(=O)[C@H](Cc1c[nH]c2ccccc12)NC(=O)[C@H](Cc1c[nH]c2ccccc12)NC(=O)[C@H](Cc1c[nH]c2ccccc12)NC(=O)[C@H](CCCN=C(N)N)NC(=O)[C@@H](N)Cc1c[nH]c2ccccc12. The Labute approximate surface area is 822 Å². The van der Waals surface area contributed by atoms with Crippen LogP contribution in [-0.2, 0) is 102 Å². The van der Waals surface area contributed by atoms with E-state index in [0.717, 1.165) is 82.1 Å². The number of carbonyl (C=O) groups excluding carboxylic acids is 11. The van der Waals surface area contributed by atoms with E-state index in [2.05, 4.69) is 88.1 Å². The van der Waals surface area contributed by atoms with Gasteiger partial charge in [-0.1, -0.05) is 135 Å². The second kappa shape index (κ2) is 51.1. The Morgan fingerprint density at radius 3 is 0.950 bits per heavy atom. The average Bonchev–Trinajstić information content (AvgIpc) is 1.70. The first-order valence-electron chi connectivity index (χ1n) is 46.8. The molecule has 0 saturated heterocycles. The quantitative estimate of drug-likeness (QED) is 0.0124. The number of aliphatic imine (C=N–C) groups is 1. The van der Waals surface area contributed by atoms with Gasteiger partial charge in [-0.05, 0) is 182 Å². The molecule has 11 amide bonds. The fourth-order valence-electron chi connectivity index (χ4n) is 17.0. The molecule has 0 bridgehead atoms. The van der Waals surface area contributed by atoms with Gasteiger partial charge in [0, 0.05) is 141 Å². The first-order valence-corrected chi connectivity index (χ1v) is 49.6. The predicted octanol–water partition coefficient (Wildman–Crippen LogP) is 5.68. The number of phenols is 1. The maximum atomic E-state index is 15.3. The van der Waals surface area contributed by atoms with Crippen molar-refractivity contribution in [2.24, 2.45) is 45.3 Å². The summed E-state index contributed by atoms with van der Waals surface area (Å²) in [6, 6.07) is 37.1. The number of primary amides is 1. The third-order valence-electron chi connectivity index (χ3n) is 24.7. The Morgan fingerprint density at radius 1 is 0.333 bits per heavy atom. The Balaban J connectivity index is 0.000000267. The molecule has 6 aromatic heterocycles. The van der Waals surface area contributed by atoms with Crippen LogP contribution >= 0.6 is 23.5 Å². The van der Waals surface area contributed by atoms with E-state index in [1.807, 2.05) is 158 Å². The molecule has 13 aromatic rings. The summed E-state index contributed by atoms with van der Waals surface area (Å²) in [6.07, 6.45) is 16.4. The Bertz CT molecular complexity index is 6540. The highest BCUT2D eigenvalue weighted by molar-refractivity contribution is 7.98. The lowest BCUT2D eigenvalue weighted by molar-refractivity contribution is -0.142. The van der Waals surface area contributed by atoms with Crippen LogP contribution in [0.15, 0.2) is 212 Å². The molecule has 37 nitrogen and oxygen atoms in total. The number of aromatic amines is 6. The van der Waals surface area contributed by atoms with Crippen molar-refractivity contribution in [2.45, 2.75) is 176 Å². The molecule has 0 aliphatic heterocycles. The lowest BCUT2D eigenvalue weighted by Crippen LogP contribution is -2.60. The maximum Gasteiger partial charge on any atom is 0.326 e. The zero-order valence-electron chi connectivity index (χ0n) is 78.9. The fourth-order valence-corrected chi connectivity index (χ4v) is 18.0. The van der Waals surface area contributed by atoms with Crippen LogP contribution in [-0.4, -0.2) is 227 Å². The molecule has 0 saturated carbocycles. The molecule has 0 spiro atoms. The van der Waals surface area contributed by atoms with Crippen LogP contribution in [0.25, 0.3) is 65.4 Å². The van der Waals surface area contributed by atoms with E-state index in [-0.39, 0.29) is 95.3 Å². The highest BCUT2D eigenvalue weighted by Crippen LogP contribution is 2.28. The van der Waals surface area contributed by atoms with Crippen molar-refractivity contribution in [3.05, 3.63) is 246 Å². The van der Waals surface area contributed by atoms with E-state index < -0.39 is 149 Å². The number of carboxylic acids is 1. The number of unbranched alkanes of at least 4 members (excludes halogenated alkanes) is 1. The van der Waals surface area contributed by atoms with Gasteiger partial charge >= 0.3 is 5.97 Å². The highest BCUT2D eigenvalue weighted by Gasteiger charge is 2.38. The number of thioether (sulfide) groups is 2. The number of nitrogens with two attached hydrogens (primary N) is 6. The van der Waals surface area contributed by atoms with Crippen LogP contribution in [0, 0.1) is 5.92 Å². The van der Waals surface area contributed by atoms with Gasteiger partial charge in [-0.2, -0.15) is 23.5 Å². The fraction of sp³-hybridized carbons (Fsp3) is 0.343. The first kappa shape index (κ1) is 105. The third-order valence-corrected chi connectivity index (χ3v) is 26.0. The number of carbonyl (C=O) groups is 12. The van der Waals surface area contributed by atoms with Crippen molar-refractivity contribution < 1.29 is 67.7 Å². The molecule has 39 heteroatoms. The molecule has 744 valence electrons. The van der Waals surface area contributed by atoms with Crippen molar-refractivity contribution in [3.8, 4) is 5.75 Å². The number of hydrogen-bond donors (Lipinski definition) is 24. The number of aromatic hydroxyl groups is 1. The van der Waals surface area contributed by atoms with E-state index >= 15 is 9.59 Å². The van der Waals surface area contributed by atoms with Gasteiger partial charge in [0.2, 0.25) is 65.0 Å². The third kappa shape index (κ3) is 29.1. The van der Waals surface area contributed by atoms with Crippen LogP contribution in [0.4, 0.5) is 0 Å². The van der Waals surface area contributed by atoms with E-state index in [4.69, 9.17) is 34.4 Å². The molecular weight excluding hydrogens is 1840 g/mol. The minimum atomic E-state index is -1.37. The largest absolute Gasteiger partial charge is 0.508 e. The maximum absolute atomic E-state index is 15.3. The number of para-hydroxylation sites is 6. The molecule has 6 heterocycles. The minimum Gasteiger partial charge on any atom is -0.508 e. The van der Waals surface area contributed by atoms with Gasteiger partial charge in [-0.3, -0.25) is 57.7 Å². The molecular formula is C102H125N23O14S2. The summed E-state index contributed by atoms with van der Waals surface area (Å²) < 4.78 is 0. The summed E-state index contributed by atoms with van der Waals surface area (Å²) in [6.45, 7) is 3.92. The standard InChI is InChI=1S/C61H65N15O6.C41H60N8O8S2/c62-44(24-34-29-67-45-17-6-1-12-39(34)45)56(78)72-50(22-11-23-66-61(64)65)57(79)74-53(27-37-32-70-48-20-9-4-15-42(37)48)59(81)76-54(28-38-33-71-49-21-10-5-16-43(38)49)60(82)75-52(26-36-31-69-47-19-8-3-14-41(36)47)58(80)73-51(55(63)77)25-35-30-68-46-18-7-2-13-40(35)46;1-24(2)35(40(55)47-33(41(56)57)17-20-59-4)49-38(53)32(16-19-58-3)46-39(54)34(21-25-12-14-27(50)15-13-25)48-37(52)31(11-7-8-18-42)45-36(51)29(43)22-26-23-44-30-10-6-5-9-28(26)30/h1-10,12-21,29-33,44,50-54,67-71H,11,22-28,62H2,(H2,63,77)(H,72,78)(H,73,80)(H,74,79)(H,75,82)(H,76,81)(H4,64,65,66);5-6,9-10,12-15,23-24,29,31-35,44,50H,7-8,11,16-22,42-43H2,1-4H3,(H,45,51)(H,46,54)(H,47,55)(H,48,52)(H,49,53)(H,56,57)/t44-,50-,51-,52-,53-,54-;29-,31-,32-,33+,34-,35-/m00/s1. The van der Waals surface area contributed by atoms with Crippen LogP contribution in [0.3, 0.4) is 0 Å². The summed E-state index contributed by atoms with van der Waals surface area (Å²) in [4.78, 5) is 191. The second-order valence-electron chi connectivity index (χ2n) is 35.3. The topological polar surface area (TPSA) is 629 Å². The van der Waals surface area contributed by atoms with Crippen molar-refractivity contribution in [3.63, 3.8) is 0 Å². The normalized spacial score (nSPS) is 14.0. The number of H-pyrrole nitrogens is 6. The number of rotatable bonds is 51. The molecule has 0 fully saturated rings. The minimum absolute atomic E-state index is 0.00177. The zero-order chi connectivity index (χ0) is 101. The summed E-state index contributed by atoms with van der Waals surface area (Å²) in [7, 11) is 0. The molecule has 0 aliphatic rings. The number of benzene rings is 7. The van der Waals surface area contributed by atoms with Gasteiger partial charge in [0.15, 0.2) is 5.96 Å². The molecule has 0 radical (unpaired) electrons. The number of phenolic OH excluding ortho intramolecular Hbond substituents is 1. The average molecular weight is 1960 g/mol. The van der Waals surface area contributed by atoms with Gasteiger partial charge in [-0.15, -0.1) is 0 Å². The molecule has 141 heavy (non-hydrogen) atoms. The number of fused-ring (bicyclic) bond motifs is 6. The highest BCUT2D eigenvalue weighted by atomic mass is 32.2.